The highest BCUT2D eigenvalue weighted by Gasteiger charge is 2.13. The summed E-state index contributed by atoms with van der Waals surface area (Å²) < 4.78 is 3.29. The number of nitrogen functional groups attached to an aromatic ring is 1. The van der Waals surface area contributed by atoms with E-state index in [0.29, 0.717) is 16.7 Å². The second-order valence-corrected chi connectivity index (χ2v) is 5.59. The minimum atomic E-state index is 0.594. The Hall–Kier alpha value is -2.42. The monoisotopic (exact) mass is 316 g/mol. The van der Waals surface area contributed by atoms with E-state index in [1.54, 1.807) is 4.68 Å². The van der Waals surface area contributed by atoms with Crippen LogP contribution >= 0.6 is 11.8 Å². The zero-order valence-electron chi connectivity index (χ0n) is 12.1. The Morgan fingerprint density at radius 2 is 1.95 bits per heavy atom. The zero-order chi connectivity index (χ0) is 15.4. The fraction of sp³-hybridized carbons (Fsp3) is 0.308. The van der Waals surface area contributed by atoms with Gasteiger partial charge in [-0.3, -0.25) is 0 Å². The van der Waals surface area contributed by atoms with Crippen molar-refractivity contribution in [3.05, 3.63) is 36.2 Å². The van der Waals surface area contributed by atoms with Crippen molar-refractivity contribution >= 4 is 11.8 Å². The Kier molecular flexibility index (Phi) is 4.33. The summed E-state index contributed by atoms with van der Waals surface area (Å²) in [6.07, 6.45) is 0.980. The van der Waals surface area contributed by atoms with Gasteiger partial charge >= 0.3 is 0 Å². The predicted octanol–water partition coefficient (Wildman–Crippen LogP) is 1.35. The molecular weight excluding hydrogens is 300 g/mol. The van der Waals surface area contributed by atoms with Crippen molar-refractivity contribution in [1.82, 2.24) is 35.1 Å². The molecule has 0 bridgehead atoms. The highest BCUT2D eigenvalue weighted by molar-refractivity contribution is 7.98. The third-order valence-corrected chi connectivity index (χ3v) is 4.01. The van der Waals surface area contributed by atoms with Crippen LogP contribution < -0.4 is 5.84 Å². The fourth-order valence-corrected chi connectivity index (χ4v) is 2.79. The van der Waals surface area contributed by atoms with Crippen LogP contribution in [0.5, 0.6) is 0 Å². The molecule has 0 spiro atoms. The number of hydrogen-bond donors (Lipinski definition) is 1. The first-order chi connectivity index (χ1) is 10.8. The number of benzene rings is 1. The number of tetrazole rings is 1. The lowest BCUT2D eigenvalue weighted by molar-refractivity contribution is 0.564. The number of rotatable bonds is 6. The number of nitrogens with zero attached hydrogens (tertiary/aromatic N) is 7. The molecule has 0 fully saturated rings. The third kappa shape index (κ3) is 2.93. The Morgan fingerprint density at radius 1 is 1.14 bits per heavy atom. The van der Waals surface area contributed by atoms with Gasteiger partial charge < -0.3 is 5.84 Å². The van der Waals surface area contributed by atoms with Crippen molar-refractivity contribution < 1.29 is 0 Å². The highest BCUT2D eigenvalue weighted by Crippen LogP contribution is 2.23. The van der Waals surface area contributed by atoms with Crippen LogP contribution in [0.2, 0.25) is 0 Å². The van der Waals surface area contributed by atoms with Gasteiger partial charge in [0.1, 0.15) is 0 Å². The summed E-state index contributed by atoms with van der Waals surface area (Å²) in [5, 5.41) is 20.6. The third-order valence-electron chi connectivity index (χ3n) is 3.07. The number of aryl methyl sites for hydroxylation is 1. The van der Waals surface area contributed by atoms with E-state index in [-0.39, 0.29) is 0 Å². The van der Waals surface area contributed by atoms with Crippen LogP contribution in [0.25, 0.3) is 11.4 Å². The molecule has 2 aromatic heterocycles. The summed E-state index contributed by atoms with van der Waals surface area (Å²) >= 11 is 1.46. The molecule has 1 aromatic carbocycles. The van der Waals surface area contributed by atoms with Gasteiger partial charge in [-0.05, 0) is 16.8 Å². The van der Waals surface area contributed by atoms with Gasteiger partial charge in [-0.2, -0.15) is 0 Å². The first kappa shape index (κ1) is 14.5. The highest BCUT2D eigenvalue weighted by atomic mass is 32.2. The predicted molar refractivity (Wildman–Crippen MR) is 83.3 cm³/mol. The van der Waals surface area contributed by atoms with Crippen molar-refractivity contribution in [3.8, 4) is 11.4 Å². The van der Waals surface area contributed by atoms with E-state index < -0.39 is 0 Å². The number of aromatic nitrogens is 7. The topological polar surface area (TPSA) is 100 Å². The quantitative estimate of drug-likeness (QED) is 0.541. The molecule has 8 nitrogen and oxygen atoms in total. The van der Waals surface area contributed by atoms with Crippen LogP contribution in [-0.4, -0.2) is 35.1 Å². The first-order valence-electron chi connectivity index (χ1n) is 6.93. The summed E-state index contributed by atoms with van der Waals surface area (Å²) in [7, 11) is 0. The lowest BCUT2D eigenvalue weighted by atomic mass is 10.2. The van der Waals surface area contributed by atoms with Crippen molar-refractivity contribution in [3.63, 3.8) is 0 Å². The number of thioether (sulfide) groups is 1. The molecule has 2 N–H and O–H groups in total. The van der Waals surface area contributed by atoms with Gasteiger partial charge in [-0.25, -0.2) is 9.36 Å². The smallest absolute Gasteiger partial charge is 0.210 e. The molecule has 0 aliphatic heterocycles. The Balaban J connectivity index is 1.74. The Bertz CT molecular complexity index is 736. The molecule has 3 rings (SSSR count). The number of nitrogens with two attached hydrogens (primary N) is 1. The van der Waals surface area contributed by atoms with Gasteiger partial charge in [0.15, 0.2) is 11.6 Å². The number of hydrogen-bond acceptors (Lipinski definition) is 7. The standard InChI is InChI=1S/C13H16N8S/c1-2-8-20-11(15-18-19-20)9-22-13-17-16-12(21(13)14)10-6-4-3-5-7-10/h3-7H,2,8-9,14H2,1H3. The van der Waals surface area contributed by atoms with E-state index in [4.69, 9.17) is 5.84 Å². The lowest BCUT2D eigenvalue weighted by Gasteiger charge is -2.04. The summed E-state index contributed by atoms with van der Waals surface area (Å²) in [6.45, 7) is 2.88. The molecule has 3 aromatic rings. The van der Waals surface area contributed by atoms with Gasteiger partial charge in [0.2, 0.25) is 5.16 Å². The molecule has 0 atom stereocenters. The second-order valence-electron chi connectivity index (χ2n) is 4.65. The lowest BCUT2D eigenvalue weighted by Crippen LogP contribution is -2.12. The first-order valence-corrected chi connectivity index (χ1v) is 7.92. The maximum Gasteiger partial charge on any atom is 0.210 e. The zero-order valence-corrected chi connectivity index (χ0v) is 12.9. The van der Waals surface area contributed by atoms with E-state index in [9.17, 15) is 0 Å². The Labute approximate surface area is 131 Å². The second kappa shape index (κ2) is 6.56. The molecule has 0 aliphatic carbocycles. The maximum absolute atomic E-state index is 6.08. The minimum Gasteiger partial charge on any atom is -0.335 e. The average molecular weight is 316 g/mol. The summed E-state index contributed by atoms with van der Waals surface area (Å²) in [4.78, 5) is 0. The minimum absolute atomic E-state index is 0.594. The maximum atomic E-state index is 6.08. The molecule has 0 saturated carbocycles. The SMILES string of the molecule is CCCn1nnnc1CSc1nnc(-c2ccccc2)n1N. The Morgan fingerprint density at radius 3 is 2.73 bits per heavy atom. The van der Waals surface area contributed by atoms with Crippen LogP contribution in [0.3, 0.4) is 0 Å². The molecule has 0 aliphatic rings. The van der Waals surface area contributed by atoms with Gasteiger partial charge in [-0.15, -0.1) is 15.3 Å². The van der Waals surface area contributed by atoms with Gasteiger partial charge in [0.25, 0.3) is 0 Å². The van der Waals surface area contributed by atoms with Crippen molar-refractivity contribution in [2.75, 3.05) is 5.84 Å². The van der Waals surface area contributed by atoms with Crippen LogP contribution in [-0.2, 0) is 12.3 Å². The van der Waals surface area contributed by atoms with E-state index in [1.807, 2.05) is 30.3 Å². The van der Waals surface area contributed by atoms with Crippen molar-refractivity contribution in [2.45, 2.75) is 30.8 Å². The molecule has 0 radical (unpaired) electrons. The molecule has 22 heavy (non-hydrogen) atoms. The van der Waals surface area contributed by atoms with Gasteiger partial charge in [0, 0.05) is 12.1 Å². The normalized spacial score (nSPS) is 11.0. The van der Waals surface area contributed by atoms with E-state index in [1.165, 1.54) is 16.4 Å². The van der Waals surface area contributed by atoms with E-state index in [0.717, 1.165) is 24.4 Å². The van der Waals surface area contributed by atoms with Crippen LogP contribution in [0.15, 0.2) is 35.5 Å². The van der Waals surface area contributed by atoms with Crippen molar-refractivity contribution in [1.29, 1.82) is 0 Å². The summed E-state index contributed by atoms with van der Waals surface area (Å²) in [6, 6.07) is 9.72. The van der Waals surface area contributed by atoms with E-state index >= 15 is 0 Å². The molecular formula is C13H16N8S. The average Bonchev–Trinajstić information content (AvgIpc) is 3.13. The van der Waals surface area contributed by atoms with Gasteiger partial charge in [-0.1, -0.05) is 49.0 Å². The largest absolute Gasteiger partial charge is 0.335 e. The van der Waals surface area contributed by atoms with Crippen LogP contribution in [0.4, 0.5) is 0 Å². The molecule has 0 saturated heterocycles. The molecule has 114 valence electrons. The molecule has 0 amide bonds. The summed E-state index contributed by atoms with van der Waals surface area (Å²) in [5.41, 5.74) is 0.931. The van der Waals surface area contributed by atoms with Gasteiger partial charge in [0.05, 0.1) is 5.75 Å². The molecule has 0 unspecified atom stereocenters. The summed E-state index contributed by atoms with van der Waals surface area (Å²) in [5.74, 6) is 8.12. The van der Waals surface area contributed by atoms with Crippen LogP contribution in [0.1, 0.15) is 19.2 Å². The van der Waals surface area contributed by atoms with Crippen LogP contribution in [0, 0.1) is 0 Å². The fourth-order valence-electron chi connectivity index (χ4n) is 2.00. The molecule has 2 heterocycles. The van der Waals surface area contributed by atoms with E-state index in [2.05, 4.69) is 32.6 Å². The molecule has 9 heteroatoms. The van der Waals surface area contributed by atoms with Crippen molar-refractivity contribution in [2.24, 2.45) is 0 Å².